The Bertz CT molecular complexity index is 441. The van der Waals surface area contributed by atoms with E-state index < -0.39 is 0 Å². The zero-order chi connectivity index (χ0) is 10.7. The van der Waals surface area contributed by atoms with Gasteiger partial charge in [0.15, 0.2) is 4.47 Å². The van der Waals surface area contributed by atoms with E-state index in [1.54, 1.807) is 30.5 Å². The van der Waals surface area contributed by atoms with Gasteiger partial charge in [0.2, 0.25) is 0 Å². The number of thiazole rings is 1. The van der Waals surface area contributed by atoms with E-state index in [-0.39, 0.29) is 5.75 Å². The second-order valence-electron chi connectivity index (χ2n) is 2.86. The van der Waals surface area contributed by atoms with Gasteiger partial charge in [-0.25, -0.2) is 4.98 Å². The van der Waals surface area contributed by atoms with Gasteiger partial charge in [0.25, 0.3) is 0 Å². The predicted molar refractivity (Wildman–Crippen MR) is 59.6 cm³/mol. The summed E-state index contributed by atoms with van der Waals surface area (Å²) in [5.41, 5.74) is 0. The number of aromatic nitrogens is 1. The Morgan fingerprint density at radius 1 is 1.33 bits per heavy atom. The largest absolute Gasteiger partial charge is 0.508 e. The van der Waals surface area contributed by atoms with Crippen LogP contribution in [-0.2, 0) is 6.61 Å². The monoisotopic (exact) mass is 241 g/mol. The number of benzene rings is 1. The first-order valence-corrected chi connectivity index (χ1v) is 5.45. The number of phenolic OH excluding ortho intramolecular Hbond substituents is 1. The maximum absolute atomic E-state index is 9.06. The van der Waals surface area contributed by atoms with E-state index in [4.69, 9.17) is 21.4 Å². The van der Waals surface area contributed by atoms with E-state index >= 15 is 0 Å². The highest BCUT2D eigenvalue weighted by Crippen LogP contribution is 2.21. The van der Waals surface area contributed by atoms with Crippen molar-refractivity contribution in [3.63, 3.8) is 0 Å². The molecule has 5 heteroatoms. The highest BCUT2D eigenvalue weighted by molar-refractivity contribution is 7.15. The summed E-state index contributed by atoms with van der Waals surface area (Å²) in [5.74, 6) is 0.931. The second kappa shape index (κ2) is 4.51. The molecule has 0 bridgehead atoms. The molecule has 2 aromatic rings. The van der Waals surface area contributed by atoms with Crippen LogP contribution in [0, 0.1) is 0 Å². The first kappa shape index (κ1) is 10.3. The number of aromatic hydroxyl groups is 1. The van der Waals surface area contributed by atoms with E-state index in [2.05, 4.69) is 4.98 Å². The molecule has 1 aromatic carbocycles. The maximum Gasteiger partial charge on any atom is 0.183 e. The maximum atomic E-state index is 9.06. The molecule has 0 saturated heterocycles. The molecule has 0 fully saturated rings. The lowest BCUT2D eigenvalue weighted by molar-refractivity contribution is 0.309. The number of rotatable bonds is 3. The van der Waals surface area contributed by atoms with Crippen molar-refractivity contribution < 1.29 is 9.84 Å². The average molecular weight is 242 g/mol. The van der Waals surface area contributed by atoms with Crippen LogP contribution >= 0.6 is 22.9 Å². The summed E-state index contributed by atoms with van der Waals surface area (Å²) in [6, 6.07) is 6.57. The third-order valence-electron chi connectivity index (χ3n) is 1.74. The van der Waals surface area contributed by atoms with E-state index in [0.717, 1.165) is 4.88 Å². The Labute approximate surface area is 95.9 Å². The molecular weight excluding hydrogens is 234 g/mol. The lowest BCUT2D eigenvalue weighted by Gasteiger charge is -2.03. The lowest BCUT2D eigenvalue weighted by Crippen LogP contribution is -1.91. The van der Waals surface area contributed by atoms with Crippen LogP contribution in [0.4, 0.5) is 0 Å². The molecule has 0 aliphatic heterocycles. The standard InChI is InChI=1S/C10H8ClNO2S/c11-10-12-5-9(15-10)6-14-8-3-1-7(13)2-4-8/h1-5,13H,6H2. The Hall–Kier alpha value is -1.26. The summed E-state index contributed by atoms with van der Waals surface area (Å²) < 4.78 is 5.97. The molecule has 3 nitrogen and oxygen atoms in total. The summed E-state index contributed by atoms with van der Waals surface area (Å²) in [5, 5.41) is 9.06. The molecule has 0 saturated carbocycles. The molecule has 0 radical (unpaired) electrons. The van der Waals surface area contributed by atoms with Crippen molar-refractivity contribution in [3.05, 3.63) is 39.8 Å². The molecule has 0 aliphatic carbocycles. The van der Waals surface area contributed by atoms with Crippen molar-refractivity contribution in [2.75, 3.05) is 0 Å². The molecule has 0 spiro atoms. The summed E-state index contributed by atoms with van der Waals surface area (Å²) >= 11 is 7.07. The molecule has 0 amide bonds. The van der Waals surface area contributed by atoms with Crippen molar-refractivity contribution in [1.29, 1.82) is 0 Å². The fourth-order valence-electron chi connectivity index (χ4n) is 1.05. The Kier molecular flexibility index (Phi) is 3.08. The smallest absolute Gasteiger partial charge is 0.183 e. The lowest BCUT2D eigenvalue weighted by atomic mass is 10.3. The van der Waals surface area contributed by atoms with E-state index in [0.29, 0.717) is 16.8 Å². The highest BCUT2D eigenvalue weighted by atomic mass is 35.5. The highest BCUT2D eigenvalue weighted by Gasteiger charge is 2.00. The second-order valence-corrected chi connectivity index (χ2v) is 4.56. The first-order chi connectivity index (χ1) is 7.24. The third-order valence-corrected chi connectivity index (χ3v) is 2.83. The van der Waals surface area contributed by atoms with Gasteiger partial charge in [-0.2, -0.15) is 0 Å². The fraction of sp³-hybridized carbons (Fsp3) is 0.100. The van der Waals surface area contributed by atoms with Crippen LogP contribution in [-0.4, -0.2) is 10.1 Å². The van der Waals surface area contributed by atoms with Crippen LogP contribution in [0.3, 0.4) is 0 Å². The molecule has 1 aromatic heterocycles. The average Bonchev–Trinajstić information content (AvgIpc) is 2.64. The van der Waals surface area contributed by atoms with Crippen LogP contribution in [0.25, 0.3) is 0 Å². The van der Waals surface area contributed by atoms with Crippen LogP contribution in [0.15, 0.2) is 30.5 Å². The van der Waals surface area contributed by atoms with Gasteiger partial charge in [-0.15, -0.1) is 11.3 Å². The number of halogens is 1. The van der Waals surface area contributed by atoms with Gasteiger partial charge in [-0.05, 0) is 24.3 Å². The fourth-order valence-corrected chi connectivity index (χ4v) is 1.94. The minimum absolute atomic E-state index is 0.225. The SMILES string of the molecule is Oc1ccc(OCc2cnc(Cl)s2)cc1. The van der Waals surface area contributed by atoms with E-state index in [1.807, 2.05) is 0 Å². The minimum Gasteiger partial charge on any atom is -0.508 e. The van der Waals surface area contributed by atoms with Gasteiger partial charge in [0, 0.05) is 6.20 Å². The van der Waals surface area contributed by atoms with Crippen molar-refractivity contribution in [3.8, 4) is 11.5 Å². The van der Waals surface area contributed by atoms with Gasteiger partial charge < -0.3 is 9.84 Å². The topological polar surface area (TPSA) is 42.4 Å². The minimum atomic E-state index is 0.225. The van der Waals surface area contributed by atoms with Gasteiger partial charge in [0.1, 0.15) is 18.1 Å². The normalized spacial score (nSPS) is 10.2. The van der Waals surface area contributed by atoms with Gasteiger partial charge in [-0.1, -0.05) is 11.6 Å². The van der Waals surface area contributed by atoms with Crippen molar-refractivity contribution >= 4 is 22.9 Å². The molecular formula is C10H8ClNO2S. The summed E-state index contributed by atoms with van der Waals surface area (Å²) in [7, 11) is 0. The zero-order valence-corrected chi connectivity index (χ0v) is 9.26. The third kappa shape index (κ3) is 2.84. The van der Waals surface area contributed by atoms with Crippen LogP contribution in [0.2, 0.25) is 4.47 Å². The van der Waals surface area contributed by atoms with E-state index in [9.17, 15) is 0 Å². The van der Waals surface area contributed by atoms with Crippen molar-refractivity contribution in [2.45, 2.75) is 6.61 Å². The first-order valence-electron chi connectivity index (χ1n) is 4.26. The van der Waals surface area contributed by atoms with Gasteiger partial charge in [0.05, 0.1) is 4.88 Å². The van der Waals surface area contributed by atoms with Crippen molar-refractivity contribution in [1.82, 2.24) is 4.98 Å². The summed E-state index contributed by atoms with van der Waals surface area (Å²) in [6.45, 7) is 0.440. The Morgan fingerprint density at radius 2 is 2.07 bits per heavy atom. The van der Waals surface area contributed by atoms with Crippen LogP contribution in [0.5, 0.6) is 11.5 Å². The molecule has 0 aliphatic rings. The molecule has 1 heterocycles. The van der Waals surface area contributed by atoms with Gasteiger partial charge >= 0.3 is 0 Å². The number of phenols is 1. The number of nitrogens with zero attached hydrogens (tertiary/aromatic N) is 1. The van der Waals surface area contributed by atoms with E-state index in [1.165, 1.54) is 11.3 Å². The summed E-state index contributed by atoms with van der Waals surface area (Å²) in [4.78, 5) is 4.87. The van der Waals surface area contributed by atoms with Crippen LogP contribution in [0.1, 0.15) is 4.88 Å². The molecule has 15 heavy (non-hydrogen) atoms. The quantitative estimate of drug-likeness (QED) is 0.898. The molecule has 1 N–H and O–H groups in total. The number of ether oxygens (including phenoxy) is 1. The summed E-state index contributed by atoms with van der Waals surface area (Å²) in [6.07, 6.45) is 1.69. The van der Waals surface area contributed by atoms with Crippen molar-refractivity contribution in [2.24, 2.45) is 0 Å². The Balaban J connectivity index is 1.96. The molecule has 0 atom stereocenters. The number of hydrogen-bond donors (Lipinski definition) is 1. The van der Waals surface area contributed by atoms with Crippen LogP contribution < -0.4 is 4.74 Å². The number of hydrogen-bond acceptors (Lipinski definition) is 4. The molecule has 78 valence electrons. The zero-order valence-electron chi connectivity index (χ0n) is 7.68. The predicted octanol–water partition coefficient (Wildman–Crippen LogP) is 3.08. The molecule has 0 unspecified atom stereocenters. The molecule has 2 rings (SSSR count). The van der Waals surface area contributed by atoms with Gasteiger partial charge in [-0.3, -0.25) is 0 Å². The Morgan fingerprint density at radius 3 is 2.67 bits per heavy atom.